The van der Waals surface area contributed by atoms with Gasteiger partial charge in [-0.1, -0.05) is 22.9 Å². The van der Waals surface area contributed by atoms with E-state index in [0.717, 1.165) is 22.1 Å². The molecule has 5 nitrogen and oxygen atoms in total. The number of nitrogens with one attached hydrogen (secondary N) is 2. The van der Waals surface area contributed by atoms with E-state index in [1.807, 2.05) is 39.0 Å². The third kappa shape index (κ3) is 4.76. The predicted molar refractivity (Wildman–Crippen MR) is 96.1 cm³/mol. The van der Waals surface area contributed by atoms with Crippen LogP contribution >= 0.6 is 15.9 Å². The topological polar surface area (TPSA) is 66.9 Å². The van der Waals surface area contributed by atoms with Crippen LogP contribution in [-0.2, 0) is 0 Å². The molecule has 0 bridgehead atoms. The van der Waals surface area contributed by atoms with Gasteiger partial charge in [0, 0.05) is 22.3 Å². The molecular weight excluding hydrogens is 356 g/mol. The van der Waals surface area contributed by atoms with Gasteiger partial charge in [-0.3, -0.25) is 4.79 Å². The number of amides is 1. The minimum Gasteiger partial charge on any atom is -0.348 e. The van der Waals surface area contributed by atoms with Crippen LogP contribution in [0.5, 0.6) is 0 Å². The quantitative estimate of drug-likeness (QED) is 0.822. The van der Waals surface area contributed by atoms with Crippen molar-refractivity contribution in [3.05, 3.63) is 45.8 Å². The van der Waals surface area contributed by atoms with Crippen LogP contribution in [0.1, 0.15) is 42.1 Å². The summed E-state index contributed by atoms with van der Waals surface area (Å²) >= 11 is 3.48. The van der Waals surface area contributed by atoms with Crippen LogP contribution in [-0.4, -0.2) is 21.9 Å². The van der Waals surface area contributed by atoms with Crippen molar-refractivity contribution < 1.29 is 4.79 Å². The van der Waals surface area contributed by atoms with Crippen molar-refractivity contribution in [1.29, 1.82) is 0 Å². The molecule has 2 N–H and O–H groups in total. The molecule has 23 heavy (non-hydrogen) atoms. The van der Waals surface area contributed by atoms with Crippen molar-refractivity contribution in [3.63, 3.8) is 0 Å². The normalized spacial score (nSPS) is 11.9. The lowest BCUT2D eigenvalue weighted by Crippen LogP contribution is -2.32. The molecule has 1 heterocycles. The van der Waals surface area contributed by atoms with Crippen molar-refractivity contribution in [3.8, 4) is 0 Å². The van der Waals surface area contributed by atoms with Gasteiger partial charge in [-0.15, -0.1) is 0 Å². The lowest BCUT2D eigenvalue weighted by atomic mass is 10.2. The lowest BCUT2D eigenvalue weighted by molar-refractivity contribution is 0.0934. The maximum atomic E-state index is 12.2. The van der Waals surface area contributed by atoms with Crippen LogP contribution in [0, 0.1) is 13.8 Å². The van der Waals surface area contributed by atoms with E-state index in [0.29, 0.717) is 17.3 Å². The molecule has 0 aliphatic carbocycles. The zero-order chi connectivity index (χ0) is 17.0. The molecule has 0 fully saturated rings. The fourth-order valence-electron chi connectivity index (χ4n) is 2.02. The van der Waals surface area contributed by atoms with Crippen LogP contribution in [0.2, 0.25) is 0 Å². The largest absolute Gasteiger partial charge is 0.348 e. The summed E-state index contributed by atoms with van der Waals surface area (Å²) < 4.78 is 1.05. The number of hydrogen-bond acceptors (Lipinski definition) is 4. The molecule has 1 unspecified atom stereocenters. The molecule has 1 atom stereocenters. The van der Waals surface area contributed by atoms with Gasteiger partial charge in [0.2, 0.25) is 0 Å². The van der Waals surface area contributed by atoms with Gasteiger partial charge in [0.15, 0.2) is 0 Å². The molecule has 0 spiro atoms. The van der Waals surface area contributed by atoms with Gasteiger partial charge in [-0.05, 0) is 51.0 Å². The monoisotopic (exact) mass is 376 g/mol. The molecule has 1 amide bonds. The summed E-state index contributed by atoms with van der Waals surface area (Å²) in [7, 11) is 0. The summed E-state index contributed by atoms with van der Waals surface area (Å²) in [5.41, 5.74) is 2.40. The number of hydrogen-bond donors (Lipinski definition) is 2. The Hall–Kier alpha value is -1.95. The zero-order valence-electron chi connectivity index (χ0n) is 13.8. The van der Waals surface area contributed by atoms with Crippen LogP contribution in [0.3, 0.4) is 0 Å². The highest BCUT2D eigenvalue weighted by atomic mass is 79.9. The number of nitrogens with zero attached hydrogens (tertiary/aromatic N) is 2. The number of aryl methyl sites for hydroxylation is 2. The lowest BCUT2D eigenvalue weighted by Gasteiger charge is -2.13. The van der Waals surface area contributed by atoms with Crippen LogP contribution < -0.4 is 10.6 Å². The zero-order valence-corrected chi connectivity index (χ0v) is 15.4. The Morgan fingerprint density at radius 1 is 1.26 bits per heavy atom. The molecule has 0 saturated heterocycles. The maximum Gasteiger partial charge on any atom is 0.270 e. The fraction of sp³-hybridized carbons (Fsp3) is 0.353. The first-order valence-electron chi connectivity index (χ1n) is 7.58. The second kappa shape index (κ2) is 7.55. The highest BCUT2D eigenvalue weighted by Gasteiger charge is 2.12. The van der Waals surface area contributed by atoms with E-state index in [4.69, 9.17) is 0 Å². The maximum absolute atomic E-state index is 12.2. The van der Waals surface area contributed by atoms with Gasteiger partial charge < -0.3 is 10.6 Å². The predicted octanol–water partition coefficient (Wildman–Crippen LogP) is 4.13. The van der Waals surface area contributed by atoms with Gasteiger partial charge >= 0.3 is 0 Å². The molecule has 6 heteroatoms. The average Bonchev–Trinajstić information content (AvgIpc) is 2.50. The number of carbonyl (C=O) groups is 1. The number of rotatable bonds is 5. The van der Waals surface area contributed by atoms with E-state index in [2.05, 4.69) is 36.5 Å². The second-order valence-corrected chi connectivity index (χ2v) is 6.41. The Labute approximate surface area is 145 Å². The summed E-state index contributed by atoms with van der Waals surface area (Å²) in [6.45, 7) is 7.79. The number of anilines is 2. The Morgan fingerprint density at radius 2 is 2.00 bits per heavy atom. The summed E-state index contributed by atoms with van der Waals surface area (Å²) in [6, 6.07) is 7.72. The Kier molecular flexibility index (Phi) is 5.71. The third-order valence-electron chi connectivity index (χ3n) is 3.49. The SMILES string of the molecule is CCC(C)NC(=O)c1cc(Nc2ccc(Br)c(C)c2)nc(C)n1. The Bertz CT molecular complexity index is 718. The Morgan fingerprint density at radius 3 is 2.65 bits per heavy atom. The van der Waals surface area contributed by atoms with E-state index >= 15 is 0 Å². The summed E-state index contributed by atoms with van der Waals surface area (Å²) in [5, 5.41) is 6.14. The van der Waals surface area contributed by atoms with E-state index in [-0.39, 0.29) is 11.9 Å². The fourth-order valence-corrected chi connectivity index (χ4v) is 2.26. The highest BCUT2D eigenvalue weighted by molar-refractivity contribution is 9.10. The summed E-state index contributed by atoms with van der Waals surface area (Å²) in [5.74, 6) is 0.978. The standard InChI is InChI=1S/C17H21BrN4O/c1-5-11(3)19-17(23)15-9-16(21-12(4)20-15)22-13-6-7-14(18)10(2)8-13/h6-9,11H,5H2,1-4H3,(H,19,23)(H,20,21,22). The number of benzene rings is 1. The number of carbonyl (C=O) groups excluding carboxylic acids is 1. The molecule has 0 aliphatic rings. The molecular formula is C17H21BrN4O. The molecule has 1 aromatic carbocycles. The third-order valence-corrected chi connectivity index (χ3v) is 4.38. The van der Waals surface area contributed by atoms with E-state index in [1.165, 1.54) is 0 Å². The number of halogens is 1. The van der Waals surface area contributed by atoms with Gasteiger partial charge in [-0.25, -0.2) is 9.97 Å². The molecule has 1 aromatic heterocycles. The minimum atomic E-state index is -0.181. The first-order chi connectivity index (χ1) is 10.9. The molecule has 0 saturated carbocycles. The summed E-state index contributed by atoms with van der Waals surface area (Å²) in [6.07, 6.45) is 0.874. The molecule has 2 aromatic rings. The van der Waals surface area contributed by atoms with E-state index < -0.39 is 0 Å². The van der Waals surface area contributed by atoms with Crippen molar-refractivity contribution in [2.24, 2.45) is 0 Å². The molecule has 122 valence electrons. The smallest absolute Gasteiger partial charge is 0.270 e. The number of aromatic nitrogens is 2. The van der Waals surface area contributed by atoms with Gasteiger partial charge in [0.25, 0.3) is 5.91 Å². The van der Waals surface area contributed by atoms with Gasteiger partial charge in [0.1, 0.15) is 17.3 Å². The van der Waals surface area contributed by atoms with Gasteiger partial charge in [-0.2, -0.15) is 0 Å². The van der Waals surface area contributed by atoms with Crippen LogP contribution in [0.15, 0.2) is 28.7 Å². The van der Waals surface area contributed by atoms with Crippen molar-refractivity contribution in [1.82, 2.24) is 15.3 Å². The summed E-state index contributed by atoms with van der Waals surface area (Å²) in [4.78, 5) is 20.8. The molecule has 0 aliphatic heterocycles. The second-order valence-electron chi connectivity index (χ2n) is 5.56. The first kappa shape index (κ1) is 17.4. The van der Waals surface area contributed by atoms with Crippen LogP contribution in [0.4, 0.5) is 11.5 Å². The van der Waals surface area contributed by atoms with Crippen LogP contribution in [0.25, 0.3) is 0 Å². The molecule has 0 radical (unpaired) electrons. The van der Waals surface area contributed by atoms with Gasteiger partial charge in [0.05, 0.1) is 0 Å². The van der Waals surface area contributed by atoms with Crippen molar-refractivity contribution in [2.45, 2.75) is 40.2 Å². The molecule has 2 rings (SSSR count). The Balaban J connectivity index is 2.22. The average molecular weight is 377 g/mol. The van der Waals surface area contributed by atoms with Crippen molar-refractivity contribution >= 4 is 33.3 Å². The minimum absolute atomic E-state index is 0.114. The van der Waals surface area contributed by atoms with Crippen molar-refractivity contribution in [2.75, 3.05) is 5.32 Å². The van der Waals surface area contributed by atoms with E-state index in [9.17, 15) is 4.79 Å². The highest BCUT2D eigenvalue weighted by Crippen LogP contribution is 2.22. The first-order valence-corrected chi connectivity index (χ1v) is 8.38. The van der Waals surface area contributed by atoms with E-state index in [1.54, 1.807) is 13.0 Å².